The van der Waals surface area contributed by atoms with Gasteiger partial charge in [0.25, 0.3) is 0 Å². The van der Waals surface area contributed by atoms with Crippen LogP contribution in [-0.4, -0.2) is 20.9 Å². The highest BCUT2D eigenvalue weighted by atomic mass is 32.2. The SMILES string of the molecule is O=C(CNS(=O)(=O)/C=C/c1ccccc1)OCc1ccccc1C(F)(F)F. The molecule has 5 nitrogen and oxygen atoms in total. The summed E-state index contributed by atoms with van der Waals surface area (Å²) < 4.78 is 68.9. The van der Waals surface area contributed by atoms with E-state index in [0.29, 0.717) is 5.56 Å². The third-order valence-corrected chi connectivity index (χ3v) is 4.41. The predicted octanol–water partition coefficient (Wildman–Crippen LogP) is 3.34. The number of rotatable bonds is 7. The van der Waals surface area contributed by atoms with Crippen LogP contribution in [0.4, 0.5) is 13.2 Å². The first-order valence-electron chi connectivity index (χ1n) is 7.71. The average Bonchev–Trinajstić information content (AvgIpc) is 2.63. The Morgan fingerprint density at radius 2 is 1.67 bits per heavy atom. The molecule has 0 fully saturated rings. The maximum absolute atomic E-state index is 12.9. The number of carbonyl (C=O) groups is 1. The molecule has 0 saturated carbocycles. The molecule has 0 aliphatic rings. The summed E-state index contributed by atoms with van der Waals surface area (Å²) in [5, 5.41) is 0.883. The van der Waals surface area contributed by atoms with Gasteiger partial charge in [-0.3, -0.25) is 4.79 Å². The summed E-state index contributed by atoms with van der Waals surface area (Å²) in [7, 11) is -3.90. The number of sulfonamides is 1. The second-order valence-corrected chi connectivity index (χ2v) is 7.05. The summed E-state index contributed by atoms with van der Waals surface area (Å²) in [6.07, 6.45) is -3.24. The van der Waals surface area contributed by atoms with Gasteiger partial charge in [0.1, 0.15) is 13.2 Å². The van der Waals surface area contributed by atoms with Crippen LogP contribution in [0.3, 0.4) is 0 Å². The van der Waals surface area contributed by atoms with Gasteiger partial charge >= 0.3 is 12.1 Å². The number of carbonyl (C=O) groups excluding carboxylic acids is 1. The van der Waals surface area contributed by atoms with E-state index in [1.54, 1.807) is 30.3 Å². The molecule has 0 atom stereocenters. The van der Waals surface area contributed by atoms with Crippen LogP contribution in [0.15, 0.2) is 60.0 Å². The molecule has 0 spiro atoms. The number of benzene rings is 2. The predicted molar refractivity (Wildman–Crippen MR) is 93.6 cm³/mol. The Kier molecular flexibility index (Phi) is 6.75. The Balaban J connectivity index is 1.89. The number of ether oxygens (including phenoxy) is 1. The number of nitrogens with one attached hydrogen (secondary N) is 1. The highest BCUT2D eigenvalue weighted by molar-refractivity contribution is 7.92. The molecule has 1 N–H and O–H groups in total. The molecule has 2 aromatic carbocycles. The van der Waals surface area contributed by atoms with Crippen molar-refractivity contribution in [1.29, 1.82) is 0 Å². The van der Waals surface area contributed by atoms with Gasteiger partial charge in [-0.25, -0.2) is 13.1 Å². The van der Waals surface area contributed by atoms with Gasteiger partial charge in [0.05, 0.1) is 5.56 Å². The molecule has 0 aliphatic heterocycles. The van der Waals surface area contributed by atoms with Crippen molar-refractivity contribution in [2.75, 3.05) is 6.54 Å². The molecular formula is C18H16F3NO4S. The summed E-state index contributed by atoms with van der Waals surface area (Å²) in [6.45, 7) is -1.31. The lowest BCUT2D eigenvalue weighted by Gasteiger charge is -2.12. The van der Waals surface area contributed by atoms with Gasteiger partial charge in [0, 0.05) is 11.0 Å². The second-order valence-electron chi connectivity index (χ2n) is 5.40. The zero-order valence-corrected chi connectivity index (χ0v) is 14.8. The zero-order chi connectivity index (χ0) is 19.9. The lowest BCUT2D eigenvalue weighted by molar-refractivity contribution is -0.146. The Hall–Kier alpha value is -2.65. The molecule has 2 rings (SSSR count). The van der Waals surface area contributed by atoms with E-state index in [0.717, 1.165) is 11.5 Å². The van der Waals surface area contributed by atoms with Crippen molar-refractivity contribution in [3.63, 3.8) is 0 Å². The molecule has 0 aliphatic carbocycles. The molecular weight excluding hydrogens is 383 g/mol. The van der Waals surface area contributed by atoms with E-state index >= 15 is 0 Å². The maximum atomic E-state index is 12.9. The molecule has 27 heavy (non-hydrogen) atoms. The summed E-state index contributed by atoms with van der Waals surface area (Å²) in [5.74, 6) is -0.997. The van der Waals surface area contributed by atoms with Crippen LogP contribution < -0.4 is 4.72 Å². The standard InChI is InChI=1S/C18H16F3NO4S/c19-18(20,21)16-9-5-4-8-15(16)13-26-17(23)12-22-27(24,25)11-10-14-6-2-1-3-7-14/h1-11,22H,12-13H2/b11-10+. The minimum absolute atomic E-state index is 0.217. The Labute approximate surface area is 154 Å². The van der Waals surface area contributed by atoms with E-state index in [-0.39, 0.29) is 5.56 Å². The van der Waals surface area contributed by atoms with E-state index in [1.165, 1.54) is 24.3 Å². The van der Waals surface area contributed by atoms with Crippen molar-refractivity contribution in [2.24, 2.45) is 0 Å². The van der Waals surface area contributed by atoms with Gasteiger partial charge < -0.3 is 4.74 Å². The molecule has 0 radical (unpaired) electrons. The molecule has 2 aromatic rings. The molecule has 0 amide bonds. The van der Waals surface area contributed by atoms with Gasteiger partial charge in [-0.1, -0.05) is 48.5 Å². The van der Waals surface area contributed by atoms with E-state index in [4.69, 9.17) is 4.74 Å². The third kappa shape index (κ3) is 6.87. The molecule has 144 valence electrons. The van der Waals surface area contributed by atoms with Gasteiger partial charge in [-0.2, -0.15) is 13.2 Å². The van der Waals surface area contributed by atoms with Crippen LogP contribution in [0.25, 0.3) is 6.08 Å². The fraction of sp³-hybridized carbons (Fsp3) is 0.167. The Bertz CT molecular complexity index is 910. The van der Waals surface area contributed by atoms with E-state index < -0.39 is 40.9 Å². The smallest absolute Gasteiger partial charge is 0.416 e. The van der Waals surface area contributed by atoms with Crippen molar-refractivity contribution in [3.8, 4) is 0 Å². The summed E-state index contributed by atoms with van der Waals surface area (Å²) in [5.41, 5.74) is -0.483. The first-order chi connectivity index (χ1) is 12.7. The maximum Gasteiger partial charge on any atom is 0.416 e. The molecule has 0 saturated heterocycles. The van der Waals surface area contributed by atoms with E-state index in [2.05, 4.69) is 0 Å². The lowest BCUT2D eigenvalue weighted by Crippen LogP contribution is -2.29. The van der Waals surface area contributed by atoms with Crippen molar-refractivity contribution < 1.29 is 31.1 Å². The van der Waals surface area contributed by atoms with Gasteiger partial charge in [-0.05, 0) is 17.7 Å². The fourth-order valence-corrected chi connectivity index (χ4v) is 2.82. The molecule has 0 heterocycles. The topological polar surface area (TPSA) is 72.5 Å². The van der Waals surface area contributed by atoms with Gasteiger partial charge in [0.2, 0.25) is 10.0 Å². The zero-order valence-electron chi connectivity index (χ0n) is 13.9. The number of esters is 1. The summed E-state index contributed by atoms with van der Waals surface area (Å²) in [4.78, 5) is 11.6. The van der Waals surface area contributed by atoms with Gasteiger partial charge in [0.15, 0.2) is 0 Å². The molecule has 9 heteroatoms. The fourth-order valence-electron chi connectivity index (χ4n) is 2.07. The largest absolute Gasteiger partial charge is 0.460 e. The Morgan fingerprint density at radius 1 is 1.04 bits per heavy atom. The van der Waals surface area contributed by atoms with E-state index in [9.17, 15) is 26.4 Å². The third-order valence-electron chi connectivity index (χ3n) is 3.37. The van der Waals surface area contributed by atoms with Crippen molar-refractivity contribution in [2.45, 2.75) is 12.8 Å². The van der Waals surface area contributed by atoms with Crippen molar-refractivity contribution in [3.05, 3.63) is 76.7 Å². The van der Waals surface area contributed by atoms with Crippen LogP contribution in [0.1, 0.15) is 16.7 Å². The van der Waals surface area contributed by atoms with Crippen LogP contribution >= 0.6 is 0 Å². The number of hydrogen-bond acceptors (Lipinski definition) is 4. The first kappa shape index (κ1) is 20.7. The molecule has 0 unspecified atom stereocenters. The second kappa shape index (κ2) is 8.83. The van der Waals surface area contributed by atoms with Crippen LogP contribution in [0.5, 0.6) is 0 Å². The Morgan fingerprint density at radius 3 is 2.33 bits per heavy atom. The van der Waals surface area contributed by atoms with Gasteiger partial charge in [-0.15, -0.1) is 0 Å². The average molecular weight is 399 g/mol. The van der Waals surface area contributed by atoms with Crippen molar-refractivity contribution >= 4 is 22.1 Å². The van der Waals surface area contributed by atoms with Crippen LogP contribution in [-0.2, 0) is 32.3 Å². The van der Waals surface area contributed by atoms with Crippen molar-refractivity contribution in [1.82, 2.24) is 4.72 Å². The van der Waals surface area contributed by atoms with Crippen LogP contribution in [0.2, 0.25) is 0 Å². The quantitative estimate of drug-likeness (QED) is 0.725. The van der Waals surface area contributed by atoms with Crippen LogP contribution in [0, 0.1) is 0 Å². The molecule has 0 aromatic heterocycles. The normalized spacial score (nSPS) is 12.3. The number of halogens is 3. The lowest BCUT2D eigenvalue weighted by atomic mass is 10.1. The summed E-state index contributed by atoms with van der Waals surface area (Å²) in [6, 6.07) is 13.3. The summed E-state index contributed by atoms with van der Waals surface area (Å²) >= 11 is 0. The first-order valence-corrected chi connectivity index (χ1v) is 9.25. The molecule has 0 bridgehead atoms. The highest BCUT2D eigenvalue weighted by Crippen LogP contribution is 2.32. The number of hydrogen-bond donors (Lipinski definition) is 1. The minimum atomic E-state index is -4.58. The minimum Gasteiger partial charge on any atom is -0.460 e. The highest BCUT2D eigenvalue weighted by Gasteiger charge is 2.33. The van der Waals surface area contributed by atoms with E-state index in [1.807, 2.05) is 4.72 Å². The number of alkyl halides is 3. The monoisotopic (exact) mass is 399 g/mol.